The molecule has 1 aromatic carbocycles. The number of nitrogens with zero attached hydrogens (tertiary/aromatic N) is 2. The molecule has 0 fully saturated rings. The molecule has 2 rings (SSSR count). The Bertz CT molecular complexity index is 485. The van der Waals surface area contributed by atoms with Crippen molar-refractivity contribution < 1.29 is 0 Å². The van der Waals surface area contributed by atoms with Crippen molar-refractivity contribution in [2.45, 2.75) is 17.5 Å². The van der Waals surface area contributed by atoms with Crippen molar-refractivity contribution in [3.05, 3.63) is 52.8 Å². The van der Waals surface area contributed by atoms with E-state index in [1.165, 1.54) is 5.56 Å². The minimum absolute atomic E-state index is 0.761. The topological polar surface area (TPSA) is 37.8 Å². The fourth-order valence-corrected chi connectivity index (χ4v) is 2.31. The predicted octanol–water partition coefficient (Wildman–Crippen LogP) is 3.14. The van der Waals surface area contributed by atoms with Gasteiger partial charge in [0.15, 0.2) is 5.16 Å². The van der Waals surface area contributed by atoms with E-state index < -0.39 is 0 Å². The molecule has 0 aliphatic heterocycles. The fourth-order valence-electron chi connectivity index (χ4n) is 1.44. The van der Waals surface area contributed by atoms with Gasteiger partial charge in [0.25, 0.3) is 0 Å². The number of rotatable bonds is 5. The van der Waals surface area contributed by atoms with Crippen LogP contribution < -0.4 is 5.32 Å². The molecule has 18 heavy (non-hydrogen) atoms. The average Bonchev–Trinajstić information content (AvgIpc) is 2.40. The quantitative estimate of drug-likeness (QED) is 0.674. The van der Waals surface area contributed by atoms with Crippen LogP contribution >= 0.6 is 23.4 Å². The number of hydrogen-bond acceptors (Lipinski definition) is 4. The van der Waals surface area contributed by atoms with E-state index in [4.69, 9.17) is 11.6 Å². The van der Waals surface area contributed by atoms with Gasteiger partial charge >= 0.3 is 0 Å². The summed E-state index contributed by atoms with van der Waals surface area (Å²) in [4.78, 5) is 8.63. The Labute approximate surface area is 116 Å². The molecule has 0 bridgehead atoms. The molecule has 1 N–H and O–H groups in total. The number of hydrogen-bond donors (Lipinski definition) is 1. The first kappa shape index (κ1) is 13.3. The van der Waals surface area contributed by atoms with Gasteiger partial charge in [-0.05, 0) is 24.7 Å². The van der Waals surface area contributed by atoms with Gasteiger partial charge in [-0.3, -0.25) is 0 Å². The van der Waals surface area contributed by atoms with Gasteiger partial charge in [-0.2, -0.15) is 0 Å². The summed E-state index contributed by atoms with van der Waals surface area (Å²) in [5.41, 5.74) is 2.31. The lowest BCUT2D eigenvalue weighted by atomic mass is 10.2. The van der Waals surface area contributed by atoms with E-state index in [1.54, 1.807) is 11.8 Å². The van der Waals surface area contributed by atoms with Crippen molar-refractivity contribution in [3.63, 3.8) is 0 Å². The molecular formula is C13H14ClN3S. The molecule has 0 atom stereocenters. The van der Waals surface area contributed by atoms with Crippen molar-refractivity contribution in [1.29, 1.82) is 0 Å². The van der Waals surface area contributed by atoms with Gasteiger partial charge in [-0.1, -0.05) is 35.5 Å². The minimum atomic E-state index is 0.761. The standard InChI is InChI=1S/C13H14ClN3S/c1-15-6-11-7-16-13(17-8-11)18-9-10-2-4-12(14)5-3-10/h2-5,7-8,15H,6,9H2,1H3. The number of aromatic nitrogens is 2. The molecule has 3 nitrogen and oxygen atoms in total. The van der Waals surface area contributed by atoms with Crippen molar-refractivity contribution in [2.75, 3.05) is 7.05 Å². The zero-order chi connectivity index (χ0) is 12.8. The van der Waals surface area contributed by atoms with Crippen LogP contribution in [-0.2, 0) is 12.3 Å². The summed E-state index contributed by atoms with van der Waals surface area (Å²) in [6, 6.07) is 7.83. The highest BCUT2D eigenvalue weighted by Gasteiger charge is 2.00. The Morgan fingerprint density at radius 2 is 1.78 bits per heavy atom. The van der Waals surface area contributed by atoms with Gasteiger partial charge < -0.3 is 5.32 Å². The maximum absolute atomic E-state index is 5.84. The fraction of sp³-hybridized carbons (Fsp3) is 0.231. The molecule has 0 aliphatic rings. The molecule has 5 heteroatoms. The van der Waals surface area contributed by atoms with Gasteiger partial charge in [0.1, 0.15) is 0 Å². The molecule has 0 spiro atoms. The molecule has 0 amide bonds. The van der Waals surface area contributed by atoms with E-state index in [1.807, 2.05) is 43.7 Å². The van der Waals surface area contributed by atoms with Crippen molar-refractivity contribution in [1.82, 2.24) is 15.3 Å². The highest BCUT2D eigenvalue weighted by atomic mass is 35.5. The first-order valence-electron chi connectivity index (χ1n) is 5.60. The van der Waals surface area contributed by atoms with Crippen LogP contribution in [0.3, 0.4) is 0 Å². The molecule has 0 unspecified atom stereocenters. The Morgan fingerprint density at radius 1 is 1.11 bits per heavy atom. The molecule has 2 aromatic rings. The molecule has 1 heterocycles. The van der Waals surface area contributed by atoms with Crippen LogP contribution in [0.1, 0.15) is 11.1 Å². The molecular weight excluding hydrogens is 266 g/mol. The second-order valence-electron chi connectivity index (χ2n) is 3.82. The number of thioether (sulfide) groups is 1. The third-order valence-corrected chi connectivity index (χ3v) is 3.54. The minimum Gasteiger partial charge on any atom is -0.316 e. The SMILES string of the molecule is CNCc1cnc(SCc2ccc(Cl)cc2)nc1. The average molecular weight is 280 g/mol. The molecule has 0 radical (unpaired) electrons. The first-order chi connectivity index (χ1) is 8.78. The molecule has 94 valence electrons. The summed E-state index contributed by atoms with van der Waals surface area (Å²) in [6.07, 6.45) is 3.71. The highest BCUT2D eigenvalue weighted by molar-refractivity contribution is 7.98. The molecule has 0 saturated heterocycles. The van der Waals surface area contributed by atoms with Gasteiger partial charge in [0.05, 0.1) is 0 Å². The van der Waals surface area contributed by atoms with Gasteiger partial charge in [-0.25, -0.2) is 9.97 Å². The summed E-state index contributed by atoms with van der Waals surface area (Å²) in [5, 5.41) is 4.62. The second kappa shape index (κ2) is 6.73. The largest absolute Gasteiger partial charge is 0.316 e. The number of benzene rings is 1. The monoisotopic (exact) mass is 279 g/mol. The van der Waals surface area contributed by atoms with Gasteiger partial charge in [0, 0.05) is 35.3 Å². The smallest absolute Gasteiger partial charge is 0.187 e. The van der Waals surface area contributed by atoms with E-state index in [0.717, 1.165) is 28.0 Å². The van der Waals surface area contributed by atoms with E-state index in [0.29, 0.717) is 0 Å². The van der Waals surface area contributed by atoms with E-state index in [9.17, 15) is 0 Å². The summed E-state index contributed by atoms with van der Waals surface area (Å²) < 4.78 is 0. The van der Waals surface area contributed by atoms with Crippen LogP contribution in [0, 0.1) is 0 Å². The van der Waals surface area contributed by atoms with Crippen LogP contribution in [0.2, 0.25) is 5.02 Å². The predicted molar refractivity (Wildman–Crippen MR) is 75.8 cm³/mol. The third-order valence-electron chi connectivity index (χ3n) is 2.34. The lowest BCUT2D eigenvalue weighted by Crippen LogP contribution is -2.05. The maximum atomic E-state index is 5.84. The normalized spacial score (nSPS) is 10.6. The molecule has 0 saturated carbocycles. The zero-order valence-electron chi connectivity index (χ0n) is 10.1. The van der Waals surface area contributed by atoms with E-state index >= 15 is 0 Å². The Morgan fingerprint density at radius 3 is 2.39 bits per heavy atom. The lowest BCUT2D eigenvalue weighted by molar-refractivity contribution is 0.793. The summed E-state index contributed by atoms with van der Waals surface area (Å²) in [6.45, 7) is 0.794. The van der Waals surface area contributed by atoms with Crippen molar-refractivity contribution in [3.8, 4) is 0 Å². The van der Waals surface area contributed by atoms with Gasteiger partial charge in [0.2, 0.25) is 0 Å². The van der Waals surface area contributed by atoms with Crippen LogP contribution in [0.25, 0.3) is 0 Å². The van der Waals surface area contributed by atoms with Crippen LogP contribution in [0.15, 0.2) is 41.8 Å². The number of halogens is 1. The highest BCUT2D eigenvalue weighted by Crippen LogP contribution is 2.20. The van der Waals surface area contributed by atoms with Crippen molar-refractivity contribution in [2.24, 2.45) is 0 Å². The molecule has 1 aromatic heterocycles. The maximum Gasteiger partial charge on any atom is 0.187 e. The van der Waals surface area contributed by atoms with Crippen molar-refractivity contribution >= 4 is 23.4 Å². The lowest BCUT2D eigenvalue weighted by Gasteiger charge is -2.02. The number of nitrogens with one attached hydrogen (secondary N) is 1. The van der Waals surface area contributed by atoms with Crippen LogP contribution in [-0.4, -0.2) is 17.0 Å². The zero-order valence-corrected chi connectivity index (χ0v) is 11.6. The Kier molecular flexibility index (Phi) is 4.99. The second-order valence-corrected chi connectivity index (χ2v) is 5.20. The van der Waals surface area contributed by atoms with E-state index in [2.05, 4.69) is 15.3 Å². The van der Waals surface area contributed by atoms with Crippen LogP contribution in [0.5, 0.6) is 0 Å². The third kappa shape index (κ3) is 3.98. The van der Waals surface area contributed by atoms with Crippen LogP contribution in [0.4, 0.5) is 0 Å². The Balaban J connectivity index is 1.91. The van der Waals surface area contributed by atoms with Gasteiger partial charge in [-0.15, -0.1) is 0 Å². The first-order valence-corrected chi connectivity index (χ1v) is 6.97. The Hall–Kier alpha value is -1.10. The summed E-state index contributed by atoms with van der Waals surface area (Å²) in [7, 11) is 1.91. The summed E-state index contributed by atoms with van der Waals surface area (Å²) in [5.74, 6) is 0.850. The molecule has 0 aliphatic carbocycles. The summed E-state index contributed by atoms with van der Waals surface area (Å²) >= 11 is 7.46. The van der Waals surface area contributed by atoms with E-state index in [-0.39, 0.29) is 0 Å².